The normalized spacial score (nSPS) is 17.6. The van der Waals surface area contributed by atoms with E-state index in [9.17, 15) is 12.3 Å². The molecule has 0 radical (unpaired) electrons. The lowest BCUT2D eigenvalue weighted by molar-refractivity contribution is 0.00578. The van der Waals surface area contributed by atoms with Crippen molar-refractivity contribution in [2.45, 2.75) is 52.7 Å². The standard InChI is InChI=1S/C13H19BO2.C7H7FO3S/c1-10-6-8-11(9-7-10)14-15-12(2,3)13(4,5)16-14;1-6-2-4-7(5-3-6)11-12(8,9)10/h6-9H,1-5H3;2-5H,1H3. The van der Waals surface area contributed by atoms with Gasteiger partial charge in [0.15, 0.2) is 0 Å². The van der Waals surface area contributed by atoms with Gasteiger partial charge in [-0.25, -0.2) is 0 Å². The van der Waals surface area contributed by atoms with Gasteiger partial charge in [0.2, 0.25) is 0 Å². The van der Waals surface area contributed by atoms with Crippen molar-refractivity contribution in [2.75, 3.05) is 0 Å². The Labute approximate surface area is 167 Å². The minimum Gasteiger partial charge on any atom is -0.399 e. The van der Waals surface area contributed by atoms with Gasteiger partial charge in [-0.1, -0.05) is 51.4 Å². The largest absolute Gasteiger partial charge is 0.494 e. The van der Waals surface area contributed by atoms with Gasteiger partial charge in [-0.15, -0.1) is 0 Å². The van der Waals surface area contributed by atoms with Crippen molar-refractivity contribution in [3.63, 3.8) is 0 Å². The van der Waals surface area contributed by atoms with Gasteiger partial charge in [0.05, 0.1) is 11.2 Å². The van der Waals surface area contributed by atoms with Crippen LogP contribution in [0.4, 0.5) is 3.89 Å². The number of aryl methyl sites for hydroxylation is 2. The highest BCUT2D eigenvalue weighted by Gasteiger charge is 2.51. The van der Waals surface area contributed by atoms with Crippen molar-refractivity contribution in [1.29, 1.82) is 0 Å². The molecule has 0 aromatic heterocycles. The Morgan fingerprint density at radius 1 is 0.821 bits per heavy atom. The summed E-state index contributed by atoms with van der Waals surface area (Å²) >= 11 is 0. The van der Waals surface area contributed by atoms with E-state index in [2.05, 4.69) is 63.1 Å². The molecule has 0 unspecified atom stereocenters. The summed E-state index contributed by atoms with van der Waals surface area (Å²) in [4.78, 5) is 0. The molecule has 28 heavy (non-hydrogen) atoms. The zero-order valence-electron chi connectivity index (χ0n) is 17.0. The molecule has 2 aromatic rings. The summed E-state index contributed by atoms with van der Waals surface area (Å²) < 4.78 is 47.8. The van der Waals surface area contributed by atoms with Crippen molar-refractivity contribution in [2.24, 2.45) is 0 Å². The van der Waals surface area contributed by atoms with Crippen LogP contribution >= 0.6 is 0 Å². The molecule has 0 N–H and O–H groups in total. The van der Waals surface area contributed by atoms with Crippen LogP contribution in [0.25, 0.3) is 0 Å². The third kappa shape index (κ3) is 6.05. The second-order valence-electron chi connectivity index (χ2n) is 7.79. The molecule has 152 valence electrons. The lowest BCUT2D eigenvalue weighted by atomic mass is 9.79. The quantitative estimate of drug-likeness (QED) is 0.570. The third-order valence-corrected chi connectivity index (χ3v) is 5.21. The van der Waals surface area contributed by atoms with Gasteiger partial charge >= 0.3 is 17.6 Å². The molecule has 1 fully saturated rings. The van der Waals surface area contributed by atoms with Crippen molar-refractivity contribution in [3.05, 3.63) is 59.7 Å². The van der Waals surface area contributed by atoms with Crippen LogP contribution in [0.2, 0.25) is 0 Å². The van der Waals surface area contributed by atoms with E-state index in [1.54, 1.807) is 12.1 Å². The van der Waals surface area contributed by atoms with E-state index >= 15 is 0 Å². The Morgan fingerprint density at radius 2 is 1.21 bits per heavy atom. The molecule has 5 nitrogen and oxygen atoms in total. The Balaban J connectivity index is 0.000000209. The molecule has 0 aliphatic carbocycles. The first kappa shape index (κ1) is 22.4. The van der Waals surface area contributed by atoms with Gasteiger partial charge in [0, 0.05) is 0 Å². The molecule has 1 aliphatic heterocycles. The summed E-state index contributed by atoms with van der Waals surface area (Å²) in [6.07, 6.45) is 0. The summed E-state index contributed by atoms with van der Waals surface area (Å²) in [6, 6.07) is 14.3. The lowest BCUT2D eigenvalue weighted by Crippen LogP contribution is -2.41. The zero-order chi connectivity index (χ0) is 21.2. The number of hydrogen-bond donors (Lipinski definition) is 0. The molecule has 0 atom stereocenters. The number of benzene rings is 2. The van der Waals surface area contributed by atoms with Gasteiger partial charge < -0.3 is 13.5 Å². The van der Waals surface area contributed by atoms with Crippen molar-refractivity contribution >= 4 is 23.1 Å². The molecule has 2 aromatic carbocycles. The minimum absolute atomic E-state index is 0.0249. The summed E-state index contributed by atoms with van der Waals surface area (Å²) in [5, 5.41) is 0. The maximum Gasteiger partial charge on any atom is 0.494 e. The highest BCUT2D eigenvalue weighted by molar-refractivity contribution is 7.81. The van der Waals surface area contributed by atoms with E-state index < -0.39 is 10.5 Å². The highest BCUT2D eigenvalue weighted by Crippen LogP contribution is 2.36. The zero-order valence-corrected chi connectivity index (χ0v) is 17.8. The third-order valence-electron chi connectivity index (χ3n) is 4.82. The van der Waals surface area contributed by atoms with Gasteiger partial charge in [0.25, 0.3) is 0 Å². The van der Waals surface area contributed by atoms with E-state index in [1.165, 1.54) is 17.7 Å². The van der Waals surface area contributed by atoms with Gasteiger partial charge in [-0.2, -0.15) is 8.42 Å². The van der Waals surface area contributed by atoms with Crippen LogP contribution in [0.5, 0.6) is 5.75 Å². The molecule has 1 saturated heterocycles. The monoisotopic (exact) mass is 408 g/mol. The SMILES string of the molecule is Cc1ccc(B2OC(C)(C)C(C)(C)O2)cc1.Cc1ccc(OS(=O)(=O)F)cc1. The Kier molecular flexibility index (Phi) is 6.58. The first-order valence-electron chi connectivity index (χ1n) is 8.92. The fourth-order valence-corrected chi connectivity index (χ4v) is 2.75. The summed E-state index contributed by atoms with van der Waals surface area (Å²) in [6.45, 7) is 12.2. The van der Waals surface area contributed by atoms with Crippen LogP contribution in [-0.4, -0.2) is 26.7 Å². The van der Waals surface area contributed by atoms with Gasteiger partial charge in [0.1, 0.15) is 5.75 Å². The summed E-state index contributed by atoms with van der Waals surface area (Å²) in [5.41, 5.74) is 2.76. The van der Waals surface area contributed by atoms with E-state index in [0.29, 0.717) is 0 Å². The molecule has 0 saturated carbocycles. The first-order chi connectivity index (χ1) is 12.8. The molecular formula is C20H26BFO5S. The maximum atomic E-state index is 11.9. The molecule has 0 bridgehead atoms. The second-order valence-corrected chi connectivity index (χ2v) is 8.74. The predicted octanol–water partition coefficient (Wildman–Crippen LogP) is 3.88. The van der Waals surface area contributed by atoms with E-state index in [0.717, 1.165) is 11.0 Å². The van der Waals surface area contributed by atoms with E-state index in [-0.39, 0.29) is 24.1 Å². The molecule has 0 spiro atoms. The number of hydrogen-bond acceptors (Lipinski definition) is 5. The molecule has 1 aliphatic rings. The lowest BCUT2D eigenvalue weighted by Gasteiger charge is -2.32. The summed E-state index contributed by atoms with van der Waals surface area (Å²) in [5.74, 6) is -0.0249. The van der Waals surface area contributed by atoms with Gasteiger partial charge in [-0.05, 0) is 59.1 Å². The van der Waals surface area contributed by atoms with Crippen LogP contribution < -0.4 is 9.65 Å². The van der Waals surface area contributed by atoms with Crippen molar-refractivity contribution < 1.29 is 25.8 Å². The molecule has 0 amide bonds. The van der Waals surface area contributed by atoms with E-state index in [4.69, 9.17) is 9.31 Å². The smallest absolute Gasteiger partial charge is 0.399 e. The van der Waals surface area contributed by atoms with Gasteiger partial charge in [-0.3, -0.25) is 0 Å². The fraction of sp³-hybridized carbons (Fsp3) is 0.400. The summed E-state index contributed by atoms with van der Waals surface area (Å²) in [7, 11) is -5.13. The Hall–Kier alpha value is -1.90. The van der Waals surface area contributed by atoms with Crippen molar-refractivity contribution in [3.8, 4) is 5.75 Å². The number of halogens is 1. The fourth-order valence-electron chi connectivity index (χ4n) is 2.41. The first-order valence-corrected chi connectivity index (χ1v) is 10.2. The van der Waals surface area contributed by atoms with Crippen LogP contribution in [0.15, 0.2) is 48.5 Å². The Bertz CT molecular complexity index is 877. The van der Waals surface area contributed by atoms with Crippen LogP contribution in [0.3, 0.4) is 0 Å². The second kappa shape index (κ2) is 8.23. The average Bonchev–Trinajstić information content (AvgIpc) is 2.78. The molecule has 1 heterocycles. The van der Waals surface area contributed by atoms with Crippen LogP contribution in [0, 0.1) is 13.8 Å². The molecule has 3 rings (SSSR count). The topological polar surface area (TPSA) is 61.8 Å². The van der Waals surface area contributed by atoms with Crippen LogP contribution in [-0.2, 0) is 19.8 Å². The van der Waals surface area contributed by atoms with E-state index in [1.807, 2.05) is 6.92 Å². The molecule has 8 heteroatoms. The minimum atomic E-state index is -4.89. The van der Waals surface area contributed by atoms with Crippen molar-refractivity contribution in [1.82, 2.24) is 0 Å². The average molecular weight is 408 g/mol. The maximum absolute atomic E-state index is 11.9. The highest BCUT2D eigenvalue weighted by atomic mass is 32.3. The number of rotatable bonds is 3. The predicted molar refractivity (Wildman–Crippen MR) is 109 cm³/mol. The Morgan fingerprint density at radius 3 is 1.61 bits per heavy atom. The molecular weight excluding hydrogens is 382 g/mol. The van der Waals surface area contributed by atoms with Crippen LogP contribution in [0.1, 0.15) is 38.8 Å².